The van der Waals surface area contributed by atoms with E-state index in [4.69, 9.17) is 0 Å². The number of carbonyl (C=O) groups is 2. The molecule has 0 radical (unpaired) electrons. The molecule has 2 atom stereocenters. The summed E-state index contributed by atoms with van der Waals surface area (Å²) in [5.41, 5.74) is 0. The van der Waals surface area contributed by atoms with Gasteiger partial charge in [-0.05, 0) is 62.6 Å². The van der Waals surface area contributed by atoms with Gasteiger partial charge in [-0.25, -0.2) is 9.59 Å². The Morgan fingerprint density at radius 1 is 1.33 bits per heavy atom. The second-order valence-corrected chi connectivity index (χ2v) is 13.5. The highest BCUT2D eigenvalue weighted by Gasteiger charge is 2.43. The lowest BCUT2D eigenvalue weighted by Gasteiger charge is -2.43. The lowest BCUT2D eigenvalue weighted by molar-refractivity contribution is -0.144. The van der Waals surface area contributed by atoms with Crippen LogP contribution in [0, 0.1) is 5.92 Å². The first-order chi connectivity index (χ1) is 12.4. The molecule has 156 valence electrons. The SMILES string of the molecule is C=CCCCCN(C)C(=O)N1CC[C@@H](CC(C)(C)[Si](C)(C)O)C[C@H]1C(=O)O. The number of nitrogens with zero attached hydrogens (tertiary/aromatic N) is 2. The van der Waals surface area contributed by atoms with Crippen molar-refractivity contribution in [3.63, 3.8) is 0 Å². The number of carboxylic acid groups (broad SMARTS) is 1. The molecular weight excluding hydrogens is 360 g/mol. The van der Waals surface area contributed by atoms with Gasteiger partial charge in [0.05, 0.1) is 0 Å². The predicted octanol–water partition coefficient (Wildman–Crippen LogP) is 3.93. The van der Waals surface area contributed by atoms with Crippen molar-refractivity contribution in [3.05, 3.63) is 12.7 Å². The molecule has 1 rings (SSSR count). The molecule has 27 heavy (non-hydrogen) atoms. The van der Waals surface area contributed by atoms with Crippen LogP contribution in [0.1, 0.15) is 52.4 Å². The number of hydrogen-bond acceptors (Lipinski definition) is 3. The number of likely N-dealkylation sites (tertiary alicyclic amines) is 1. The molecule has 0 aromatic carbocycles. The van der Waals surface area contributed by atoms with Crippen LogP contribution in [0.25, 0.3) is 0 Å². The van der Waals surface area contributed by atoms with Crippen LogP contribution in [-0.4, -0.2) is 66.2 Å². The normalized spacial score (nSPS) is 21.0. The Morgan fingerprint density at radius 2 is 1.96 bits per heavy atom. The average molecular weight is 399 g/mol. The van der Waals surface area contributed by atoms with Crippen LogP contribution in [0.5, 0.6) is 0 Å². The Morgan fingerprint density at radius 3 is 2.48 bits per heavy atom. The number of rotatable bonds is 9. The van der Waals surface area contributed by atoms with E-state index in [0.29, 0.717) is 19.5 Å². The predicted molar refractivity (Wildman–Crippen MR) is 111 cm³/mol. The highest BCUT2D eigenvalue weighted by molar-refractivity contribution is 6.72. The van der Waals surface area contributed by atoms with E-state index < -0.39 is 20.3 Å². The van der Waals surface area contributed by atoms with Gasteiger partial charge >= 0.3 is 12.0 Å². The standard InChI is InChI=1S/C20H38N2O4Si/c1-7-8-9-10-12-21(4)19(25)22-13-11-16(14-17(22)18(23)24)15-20(2,3)27(5,6)26/h7,16-17,26H,1,8-15H2,2-6H3,(H,23,24)/t16-,17+/m1/s1. The molecule has 0 bridgehead atoms. The van der Waals surface area contributed by atoms with Crippen molar-refractivity contribution in [2.24, 2.45) is 5.92 Å². The van der Waals surface area contributed by atoms with E-state index in [1.165, 1.54) is 4.90 Å². The third-order valence-electron chi connectivity index (χ3n) is 6.18. The monoisotopic (exact) mass is 398 g/mol. The minimum absolute atomic E-state index is 0.186. The summed E-state index contributed by atoms with van der Waals surface area (Å²) in [5, 5.41) is 9.51. The van der Waals surface area contributed by atoms with Gasteiger partial charge < -0.3 is 19.7 Å². The third-order valence-corrected chi connectivity index (χ3v) is 9.69. The number of unbranched alkanes of at least 4 members (excludes halogenated alkanes) is 2. The van der Waals surface area contributed by atoms with Crippen molar-refractivity contribution in [2.75, 3.05) is 20.1 Å². The zero-order valence-electron chi connectivity index (χ0n) is 17.7. The molecule has 6 nitrogen and oxygen atoms in total. The summed E-state index contributed by atoms with van der Waals surface area (Å²) in [6, 6.07) is -0.985. The number of amides is 2. The molecular formula is C20H38N2O4Si. The number of carboxylic acids is 1. The van der Waals surface area contributed by atoms with E-state index >= 15 is 0 Å². The summed E-state index contributed by atoms with van der Waals surface area (Å²) in [4.78, 5) is 38.3. The molecule has 2 N–H and O–H groups in total. The molecule has 0 aromatic rings. The second-order valence-electron chi connectivity index (χ2n) is 9.07. The highest BCUT2D eigenvalue weighted by Crippen LogP contribution is 2.44. The smallest absolute Gasteiger partial charge is 0.326 e. The van der Waals surface area contributed by atoms with Gasteiger partial charge in [0.25, 0.3) is 0 Å². The van der Waals surface area contributed by atoms with Crippen LogP contribution in [0.15, 0.2) is 12.7 Å². The number of carbonyl (C=O) groups excluding carboxylic acids is 1. The molecule has 7 heteroatoms. The van der Waals surface area contributed by atoms with Crippen molar-refractivity contribution < 1.29 is 19.5 Å². The fraction of sp³-hybridized carbons (Fsp3) is 0.800. The number of aliphatic carboxylic acids is 1. The molecule has 0 aliphatic carbocycles. The van der Waals surface area contributed by atoms with Crippen molar-refractivity contribution in [1.82, 2.24) is 9.80 Å². The van der Waals surface area contributed by atoms with Crippen LogP contribution >= 0.6 is 0 Å². The van der Waals surface area contributed by atoms with Crippen molar-refractivity contribution in [3.8, 4) is 0 Å². The van der Waals surface area contributed by atoms with Crippen LogP contribution < -0.4 is 0 Å². The van der Waals surface area contributed by atoms with E-state index in [0.717, 1.165) is 32.1 Å². The van der Waals surface area contributed by atoms with Crippen LogP contribution in [-0.2, 0) is 4.79 Å². The fourth-order valence-electron chi connectivity index (χ4n) is 3.61. The topological polar surface area (TPSA) is 81.1 Å². The molecule has 0 saturated carbocycles. The minimum atomic E-state index is -2.34. The van der Waals surface area contributed by atoms with E-state index in [1.54, 1.807) is 11.9 Å². The maximum Gasteiger partial charge on any atom is 0.326 e. The summed E-state index contributed by atoms with van der Waals surface area (Å²) in [7, 11) is -0.600. The number of piperidine rings is 1. The van der Waals surface area contributed by atoms with E-state index in [9.17, 15) is 19.5 Å². The maximum absolute atomic E-state index is 12.8. The Balaban J connectivity index is 2.73. The van der Waals surface area contributed by atoms with Crippen LogP contribution in [0.4, 0.5) is 4.79 Å². The van der Waals surface area contributed by atoms with Gasteiger partial charge in [-0.1, -0.05) is 19.9 Å². The number of urea groups is 1. The second kappa shape index (κ2) is 9.73. The van der Waals surface area contributed by atoms with Crippen LogP contribution in [0.2, 0.25) is 18.1 Å². The molecule has 1 heterocycles. The summed E-state index contributed by atoms with van der Waals surface area (Å²) in [5.74, 6) is -0.728. The van der Waals surface area contributed by atoms with Gasteiger partial charge in [-0.15, -0.1) is 6.58 Å². The van der Waals surface area contributed by atoms with Gasteiger partial charge in [0.15, 0.2) is 8.32 Å². The first-order valence-electron chi connectivity index (χ1n) is 9.98. The van der Waals surface area contributed by atoms with Crippen LogP contribution in [0.3, 0.4) is 0 Å². The Hall–Kier alpha value is -1.34. The summed E-state index contributed by atoms with van der Waals surface area (Å²) < 4.78 is 0. The molecule has 2 amide bonds. The van der Waals surface area contributed by atoms with Gasteiger partial charge in [0.1, 0.15) is 6.04 Å². The van der Waals surface area contributed by atoms with E-state index in [-0.39, 0.29) is 17.0 Å². The zero-order valence-corrected chi connectivity index (χ0v) is 18.7. The lowest BCUT2D eigenvalue weighted by Crippen LogP contribution is -2.54. The highest BCUT2D eigenvalue weighted by atomic mass is 28.4. The Bertz CT molecular complexity index is 531. The fourth-order valence-corrected chi connectivity index (χ4v) is 4.40. The first-order valence-corrected chi connectivity index (χ1v) is 12.9. The van der Waals surface area contributed by atoms with Crippen molar-refractivity contribution in [2.45, 2.75) is 76.5 Å². The Kier molecular flexibility index (Phi) is 8.54. The number of hydrogen-bond donors (Lipinski definition) is 2. The molecule has 0 unspecified atom stereocenters. The lowest BCUT2D eigenvalue weighted by atomic mass is 9.84. The molecule has 0 spiro atoms. The molecule has 1 saturated heterocycles. The van der Waals surface area contributed by atoms with E-state index in [1.807, 2.05) is 19.2 Å². The zero-order chi connectivity index (χ0) is 20.8. The molecule has 1 aliphatic heterocycles. The summed E-state index contributed by atoms with van der Waals surface area (Å²) >= 11 is 0. The van der Waals surface area contributed by atoms with Gasteiger partial charge in [-0.2, -0.15) is 0 Å². The third kappa shape index (κ3) is 6.64. The number of allylic oxidation sites excluding steroid dienone is 1. The Labute approximate surface area is 165 Å². The molecule has 1 fully saturated rings. The quantitative estimate of drug-likeness (QED) is 0.350. The minimum Gasteiger partial charge on any atom is -0.480 e. The van der Waals surface area contributed by atoms with Gasteiger partial charge in [0.2, 0.25) is 0 Å². The first kappa shape index (κ1) is 23.7. The van der Waals surface area contributed by atoms with Crippen molar-refractivity contribution in [1.29, 1.82) is 0 Å². The summed E-state index contributed by atoms with van der Waals surface area (Å²) in [6.45, 7) is 12.8. The molecule has 0 aromatic heterocycles. The molecule has 1 aliphatic rings. The average Bonchev–Trinajstić information content (AvgIpc) is 2.56. The maximum atomic E-state index is 12.8. The van der Waals surface area contributed by atoms with Gasteiger partial charge in [0, 0.05) is 20.1 Å². The summed E-state index contributed by atoms with van der Waals surface area (Å²) in [6.07, 6.45) is 6.68. The van der Waals surface area contributed by atoms with Crippen molar-refractivity contribution >= 4 is 20.3 Å². The van der Waals surface area contributed by atoms with E-state index in [2.05, 4.69) is 20.4 Å². The van der Waals surface area contributed by atoms with Gasteiger partial charge in [-0.3, -0.25) is 0 Å². The largest absolute Gasteiger partial charge is 0.480 e.